The lowest BCUT2D eigenvalue weighted by Crippen LogP contribution is -2.18. The molecule has 0 bridgehead atoms. The molecular formula is C25H24N2O4S. The molecule has 1 saturated carbocycles. The number of carbonyl (C=O) groups is 2. The molecule has 7 heteroatoms. The number of carboxylic acids is 1. The maximum Gasteiger partial charge on any atom is 0.413 e. The quantitative estimate of drug-likeness (QED) is 0.482. The average molecular weight is 449 g/mol. The Bertz CT molecular complexity index is 1120. The minimum atomic E-state index is -1.05. The molecule has 5 rings (SSSR count). The van der Waals surface area contributed by atoms with Gasteiger partial charge in [-0.15, -0.1) is 11.3 Å². The summed E-state index contributed by atoms with van der Waals surface area (Å²) >= 11 is 1.25. The van der Waals surface area contributed by atoms with Gasteiger partial charge < -0.3 is 9.84 Å². The van der Waals surface area contributed by atoms with Gasteiger partial charge in [0, 0.05) is 10.8 Å². The van der Waals surface area contributed by atoms with Crippen LogP contribution in [0.1, 0.15) is 70.4 Å². The Labute approximate surface area is 190 Å². The van der Waals surface area contributed by atoms with Gasteiger partial charge in [0.1, 0.15) is 6.61 Å². The first-order chi connectivity index (χ1) is 15.6. The number of aromatic carboxylic acids is 1. The zero-order chi connectivity index (χ0) is 22.1. The van der Waals surface area contributed by atoms with Crippen LogP contribution in [0.4, 0.5) is 9.93 Å². The van der Waals surface area contributed by atoms with Crippen molar-refractivity contribution < 1.29 is 19.4 Å². The van der Waals surface area contributed by atoms with Gasteiger partial charge in [0.15, 0.2) is 10.8 Å². The molecular weight excluding hydrogens is 424 g/mol. The molecule has 0 saturated heterocycles. The first-order valence-corrected chi connectivity index (χ1v) is 11.8. The van der Waals surface area contributed by atoms with Gasteiger partial charge in [0.05, 0.1) is 0 Å². The van der Waals surface area contributed by atoms with E-state index in [4.69, 9.17) is 4.74 Å². The van der Waals surface area contributed by atoms with Gasteiger partial charge in [0.2, 0.25) is 0 Å². The smallest absolute Gasteiger partial charge is 0.413 e. The van der Waals surface area contributed by atoms with Crippen LogP contribution in [0.2, 0.25) is 0 Å². The fraction of sp³-hybridized carbons (Fsp3) is 0.320. The highest BCUT2D eigenvalue weighted by molar-refractivity contribution is 7.16. The predicted molar refractivity (Wildman–Crippen MR) is 124 cm³/mol. The first-order valence-electron chi connectivity index (χ1n) is 11.0. The Hall–Kier alpha value is -3.19. The van der Waals surface area contributed by atoms with Crippen molar-refractivity contribution in [3.63, 3.8) is 0 Å². The van der Waals surface area contributed by atoms with Crippen LogP contribution in [0, 0.1) is 0 Å². The second-order valence-electron chi connectivity index (χ2n) is 8.32. The molecule has 2 aromatic carbocycles. The van der Waals surface area contributed by atoms with E-state index >= 15 is 0 Å². The number of benzene rings is 2. The number of carbonyl (C=O) groups excluding carboxylic acids is 1. The summed E-state index contributed by atoms with van der Waals surface area (Å²) in [6.45, 7) is 0.201. The molecule has 0 radical (unpaired) electrons. The third-order valence-corrected chi connectivity index (χ3v) is 7.52. The summed E-state index contributed by atoms with van der Waals surface area (Å²) in [6.07, 6.45) is 4.68. The zero-order valence-corrected chi connectivity index (χ0v) is 18.4. The van der Waals surface area contributed by atoms with Gasteiger partial charge in [-0.1, -0.05) is 67.8 Å². The van der Waals surface area contributed by atoms with Crippen molar-refractivity contribution in [2.45, 2.75) is 43.9 Å². The van der Waals surface area contributed by atoms with Crippen LogP contribution in [0.5, 0.6) is 0 Å². The summed E-state index contributed by atoms with van der Waals surface area (Å²) < 4.78 is 5.57. The van der Waals surface area contributed by atoms with Crippen LogP contribution in [0.3, 0.4) is 0 Å². The number of nitrogens with zero attached hydrogens (tertiary/aromatic N) is 1. The second kappa shape index (κ2) is 8.74. The summed E-state index contributed by atoms with van der Waals surface area (Å²) in [6, 6.07) is 16.3. The van der Waals surface area contributed by atoms with Gasteiger partial charge in [0.25, 0.3) is 0 Å². The van der Waals surface area contributed by atoms with Crippen LogP contribution in [-0.4, -0.2) is 28.8 Å². The van der Waals surface area contributed by atoms with Crippen LogP contribution >= 0.6 is 11.3 Å². The minimum absolute atomic E-state index is 0.0307. The Kier molecular flexibility index (Phi) is 5.66. The SMILES string of the molecule is O=C(Nc1nc(C(=O)O)c(C2CCCCC2)s1)OCC1c2ccccc2-c2ccccc21. The lowest BCUT2D eigenvalue weighted by molar-refractivity contribution is 0.0689. The third-order valence-electron chi connectivity index (χ3n) is 6.38. The maximum atomic E-state index is 12.5. The highest BCUT2D eigenvalue weighted by Crippen LogP contribution is 2.44. The monoisotopic (exact) mass is 448 g/mol. The molecule has 2 aliphatic rings. The number of nitrogens with one attached hydrogen (secondary N) is 1. The van der Waals surface area contributed by atoms with Crippen molar-refractivity contribution in [3.05, 3.63) is 70.2 Å². The molecule has 3 aromatic rings. The van der Waals surface area contributed by atoms with Crippen LogP contribution in [0.25, 0.3) is 11.1 Å². The van der Waals surface area contributed by atoms with E-state index in [1.165, 1.54) is 28.9 Å². The molecule has 2 N–H and O–H groups in total. The topological polar surface area (TPSA) is 88.5 Å². The van der Waals surface area contributed by atoms with Crippen molar-refractivity contribution in [1.82, 2.24) is 4.98 Å². The molecule has 32 heavy (non-hydrogen) atoms. The van der Waals surface area contributed by atoms with Crippen molar-refractivity contribution in [3.8, 4) is 11.1 Å². The van der Waals surface area contributed by atoms with E-state index in [9.17, 15) is 14.7 Å². The van der Waals surface area contributed by atoms with Crippen molar-refractivity contribution in [2.24, 2.45) is 0 Å². The molecule has 1 heterocycles. The number of aromatic nitrogens is 1. The van der Waals surface area contributed by atoms with Crippen LogP contribution in [-0.2, 0) is 4.74 Å². The van der Waals surface area contributed by atoms with Crippen molar-refractivity contribution in [2.75, 3.05) is 11.9 Å². The molecule has 164 valence electrons. The van der Waals surface area contributed by atoms with Crippen LogP contribution in [0.15, 0.2) is 48.5 Å². The van der Waals surface area contributed by atoms with E-state index in [1.54, 1.807) is 0 Å². The van der Waals surface area contributed by atoms with E-state index < -0.39 is 12.1 Å². The molecule has 6 nitrogen and oxygen atoms in total. The molecule has 0 aliphatic heterocycles. The number of hydrogen-bond donors (Lipinski definition) is 2. The third kappa shape index (κ3) is 3.88. The Morgan fingerprint density at radius 3 is 2.25 bits per heavy atom. The van der Waals surface area contributed by atoms with Gasteiger partial charge in [-0.05, 0) is 41.0 Å². The molecule has 1 fully saturated rings. The Morgan fingerprint density at radius 2 is 1.62 bits per heavy atom. The fourth-order valence-corrected chi connectivity index (χ4v) is 6.01. The van der Waals surface area contributed by atoms with E-state index in [2.05, 4.69) is 34.6 Å². The van der Waals surface area contributed by atoms with E-state index in [-0.39, 0.29) is 29.3 Å². The number of thiazole rings is 1. The lowest BCUT2D eigenvalue weighted by atomic mass is 9.87. The Morgan fingerprint density at radius 1 is 1.00 bits per heavy atom. The second-order valence-corrected chi connectivity index (χ2v) is 9.35. The van der Waals surface area contributed by atoms with Crippen molar-refractivity contribution in [1.29, 1.82) is 0 Å². The van der Waals surface area contributed by atoms with Crippen molar-refractivity contribution >= 4 is 28.5 Å². The van der Waals surface area contributed by atoms with E-state index in [0.29, 0.717) is 0 Å². The highest BCUT2D eigenvalue weighted by atomic mass is 32.1. The number of fused-ring (bicyclic) bond motifs is 3. The number of carboxylic acid groups (broad SMARTS) is 1. The number of anilines is 1. The molecule has 0 unspecified atom stereocenters. The average Bonchev–Trinajstić information content (AvgIpc) is 3.38. The number of amides is 1. The first kappa shape index (κ1) is 20.7. The fourth-order valence-electron chi connectivity index (χ4n) is 4.90. The number of rotatable bonds is 5. The van der Waals surface area contributed by atoms with Gasteiger partial charge in [-0.3, -0.25) is 5.32 Å². The highest BCUT2D eigenvalue weighted by Gasteiger charge is 2.30. The molecule has 1 aromatic heterocycles. The van der Waals surface area contributed by atoms with Gasteiger partial charge in [-0.25, -0.2) is 14.6 Å². The number of hydrogen-bond acceptors (Lipinski definition) is 5. The standard InChI is InChI=1S/C25H24N2O4S/c28-23(29)21-22(15-8-2-1-3-9-15)32-24(26-21)27-25(30)31-14-20-18-12-6-4-10-16(18)17-11-5-7-13-19(17)20/h4-7,10-13,15,20H,1-3,8-9,14H2,(H,28,29)(H,26,27,30). The summed E-state index contributed by atoms with van der Waals surface area (Å²) in [5, 5.41) is 12.5. The zero-order valence-electron chi connectivity index (χ0n) is 17.5. The van der Waals surface area contributed by atoms with E-state index in [1.807, 2.05) is 24.3 Å². The normalized spacial score (nSPS) is 15.8. The van der Waals surface area contributed by atoms with Gasteiger partial charge >= 0.3 is 12.1 Å². The van der Waals surface area contributed by atoms with Crippen LogP contribution < -0.4 is 5.32 Å². The maximum absolute atomic E-state index is 12.5. The summed E-state index contributed by atoms with van der Waals surface area (Å²) in [7, 11) is 0. The summed E-state index contributed by atoms with van der Waals surface area (Å²) in [4.78, 5) is 29.2. The van der Waals surface area contributed by atoms with E-state index in [0.717, 1.165) is 41.7 Å². The van der Waals surface area contributed by atoms with Gasteiger partial charge in [-0.2, -0.15) is 0 Å². The molecule has 0 spiro atoms. The largest absolute Gasteiger partial charge is 0.476 e. The summed E-state index contributed by atoms with van der Waals surface area (Å²) in [5.74, 6) is -0.885. The lowest BCUT2D eigenvalue weighted by Gasteiger charge is -2.20. The summed E-state index contributed by atoms with van der Waals surface area (Å²) in [5.41, 5.74) is 4.67. The Balaban J connectivity index is 1.29. The number of ether oxygens (including phenoxy) is 1. The molecule has 2 aliphatic carbocycles. The predicted octanol–water partition coefficient (Wildman–Crippen LogP) is 6.25. The molecule has 0 atom stereocenters. The molecule has 1 amide bonds. The minimum Gasteiger partial charge on any atom is -0.476 e.